The van der Waals surface area contributed by atoms with Crippen molar-refractivity contribution in [3.63, 3.8) is 0 Å². The zero-order chi connectivity index (χ0) is 9.68. The van der Waals surface area contributed by atoms with Gasteiger partial charge in [0, 0.05) is 39.1 Å². The second kappa shape index (κ2) is 6.94. The third-order valence-electron chi connectivity index (χ3n) is 2.19. The topological polar surface area (TPSA) is 23.6 Å². The Morgan fingerprint density at radius 2 is 1.93 bits per heavy atom. The number of nitrogens with zero attached hydrogens (tertiary/aromatic N) is 2. The van der Waals surface area contributed by atoms with E-state index in [4.69, 9.17) is 18.0 Å². The molecule has 0 spiro atoms. The first-order valence-corrected chi connectivity index (χ1v) is 4.72. The molecule has 0 aliphatic carbocycles. The van der Waals surface area contributed by atoms with Gasteiger partial charge in [0.25, 0.3) is 0 Å². The first-order chi connectivity index (χ1) is 6.24. The van der Waals surface area contributed by atoms with Crippen molar-refractivity contribution >= 4 is 29.4 Å². The van der Waals surface area contributed by atoms with Gasteiger partial charge in [0.2, 0.25) is 0 Å². The largest absolute Gasteiger partial charge is 0.327 e. The van der Waals surface area contributed by atoms with Gasteiger partial charge in [-0.05, 0) is 11.6 Å². The fourth-order valence-corrected chi connectivity index (χ4v) is 1.54. The standard InChI is InChI=1S/C9H13ClN2O.ClH/c1-2-3-4-11-5-7-12(8-6-11)9(10)13;/h1H,3-8H2;1H. The lowest BCUT2D eigenvalue weighted by molar-refractivity contribution is 0.155. The van der Waals surface area contributed by atoms with Gasteiger partial charge in [-0.15, -0.1) is 24.8 Å². The Morgan fingerprint density at radius 1 is 1.36 bits per heavy atom. The molecule has 0 N–H and O–H groups in total. The molecule has 0 aromatic heterocycles. The molecule has 5 heteroatoms. The average Bonchev–Trinajstić information content (AvgIpc) is 2.15. The minimum absolute atomic E-state index is 0. The molecular weight excluding hydrogens is 223 g/mol. The molecule has 1 saturated heterocycles. The van der Waals surface area contributed by atoms with Gasteiger partial charge in [-0.25, -0.2) is 0 Å². The molecule has 1 fully saturated rings. The summed E-state index contributed by atoms with van der Waals surface area (Å²) in [5, 5.41) is -0.350. The summed E-state index contributed by atoms with van der Waals surface area (Å²) in [5.41, 5.74) is 0. The summed E-state index contributed by atoms with van der Waals surface area (Å²) in [6, 6.07) is 0. The number of hydrogen-bond donors (Lipinski definition) is 0. The van der Waals surface area contributed by atoms with Gasteiger partial charge >= 0.3 is 5.37 Å². The fraction of sp³-hybridized carbons (Fsp3) is 0.667. The van der Waals surface area contributed by atoms with Gasteiger partial charge in [-0.2, -0.15) is 0 Å². The Hall–Kier alpha value is -0.430. The highest BCUT2D eigenvalue weighted by molar-refractivity contribution is 6.62. The van der Waals surface area contributed by atoms with Gasteiger partial charge in [0.05, 0.1) is 0 Å². The number of amides is 1. The quantitative estimate of drug-likeness (QED) is 0.412. The van der Waals surface area contributed by atoms with E-state index in [9.17, 15) is 4.79 Å². The predicted octanol–water partition coefficient (Wildman–Crippen LogP) is 1.41. The first kappa shape index (κ1) is 13.6. The summed E-state index contributed by atoms with van der Waals surface area (Å²) in [4.78, 5) is 14.7. The number of rotatable bonds is 2. The third kappa shape index (κ3) is 4.19. The minimum atomic E-state index is -0.350. The average molecular weight is 237 g/mol. The van der Waals surface area contributed by atoms with E-state index in [0.29, 0.717) is 13.1 Å². The predicted molar refractivity (Wildman–Crippen MR) is 60.0 cm³/mol. The van der Waals surface area contributed by atoms with Crippen molar-refractivity contribution in [2.24, 2.45) is 0 Å². The summed E-state index contributed by atoms with van der Waals surface area (Å²) in [6.07, 6.45) is 5.93. The van der Waals surface area contributed by atoms with E-state index < -0.39 is 0 Å². The van der Waals surface area contributed by atoms with Crippen molar-refractivity contribution in [2.45, 2.75) is 6.42 Å². The number of carbonyl (C=O) groups excluding carboxylic acids is 1. The van der Waals surface area contributed by atoms with Crippen LogP contribution < -0.4 is 0 Å². The Kier molecular flexibility index (Phi) is 6.73. The molecule has 0 bridgehead atoms. The summed E-state index contributed by atoms with van der Waals surface area (Å²) >= 11 is 5.34. The molecule has 0 atom stereocenters. The van der Waals surface area contributed by atoms with Crippen LogP contribution in [0.5, 0.6) is 0 Å². The number of carbonyl (C=O) groups is 1. The minimum Gasteiger partial charge on any atom is -0.327 e. The van der Waals surface area contributed by atoms with Crippen LogP contribution in [-0.2, 0) is 0 Å². The number of halogens is 2. The van der Waals surface area contributed by atoms with Crippen LogP contribution in [0.3, 0.4) is 0 Å². The lowest BCUT2D eigenvalue weighted by atomic mass is 10.3. The molecule has 80 valence electrons. The zero-order valence-electron chi connectivity index (χ0n) is 7.91. The van der Waals surface area contributed by atoms with Crippen LogP contribution >= 0.6 is 24.0 Å². The van der Waals surface area contributed by atoms with Crippen LogP contribution in [0.2, 0.25) is 0 Å². The highest BCUT2D eigenvalue weighted by Crippen LogP contribution is 2.04. The SMILES string of the molecule is C#CCCN1CCN(C(=O)Cl)CC1.Cl. The Morgan fingerprint density at radius 3 is 2.36 bits per heavy atom. The van der Waals surface area contributed by atoms with Gasteiger partial charge in [-0.1, -0.05) is 0 Å². The van der Waals surface area contributed by atoms with Gasteiger partial charge < -0.3 is 4.90 Å². The van der Waals surface area contributed by atoms with Gasteiger partial charge in [0.15, 0.2) is 0 Å². The van der Waals surface area contributed by atoms with E-state index in [2.05, 4.69) is 10.8 Å². The van der Waals surface area contributed by atoms with Crippen molar-refractivity contribution in [1.82, 2.24) is 9.80 Å². The molecular formula is C9H14Cl2N2O. The van der Waals surface area contributed by atoms with Crippen LogP contribution in [0.15, 0.2) is 0 Å². The second-order valence-corrected chi connectivity index (χ2v) is 3.36. The van der Waals surface area contributed by atoms with E-state index in [1.54, 1.807) is 4.90 Å². The van der Waals surface area contributed by atoms with E-state index in [1.165, 1.54) is 0 Å². The molecule has 1 aliphatic heterocycles. The van der Waals surface area contributed by atoms with Crippen molar-refractivity contribution in [3.8, 4) is 12.3 Å². The van der Waals surface area contributed by atoms with Crippen LogP contribution in [-0.4, -0.2) is 47.9 Å². The lowest BCUT2D eigenvalue weighted by Gasteiger charge is -2.32. The molecule has 0 aromatic rings. The number of piperazine rings is 1. The Bertz CT molecular complexity index is 219. The highest BCUT2D eigenvalue weighted by atomic mass is 35.5. The molecule has 14 heavy (non-hydrogen) atoms. The molecule has 0 aromatic carbocycles. The van der Waals surface area contributed by atoms with E-state index in [-0.39, 0.29) is 17.8 Å². The van der Waals surface area contributed by atoms with Crippen LogP contribution in [0.4, 0.5) is 4.79 Å². The summed E-state index contributed by atoms with van der Waals surface area (Å²) < 4.78 is 0. The van der Waals surface area contributed by atoms with E-state index in [1.807, 2.05) is 0 Å². The molecule has 1 amide bonds. The van der Waals surface area contributed by atoms with Gasteiger partial charge in [-0.3, -0.25) is 9.69 Å². The first-order valence-electron chi connectivity index (χ1n) is 4.34. The maximum atomic E-state index is 10.8. The Labute approximate surface area is 95.8 Å². The fourth-order valence-electron chi connectivity index (χ4n) is 1.37. The number of hydrogen-bond acceptors (Lipinski definition) is 2. The highest BCUT2D eigenvalue weighted by Gasteiger charge is 2.18. The molecule has 0 saturated carbocycles. The van der Waals surface area contributed by atoms with Crippen molar-refractivity contribution < 1.29 is 4.79 Å². The normalized spacial score (nSPS) is 17.0. The maximum absolute atomic E-state index is 10.8. The molecule has 3 nitrogen and oxygen atoms in total. The van der Waals surface area contributed by atoms with Crippen molar-refractivity contribution in [3.05, 3.63) is 0 Å². The van der Waals surface area contributed by atoms with E-state index in [0.717, 1.165) is 26.1 Å². The summed E-state index contributed by atoms with van der Waals surface area (Å²) in [6.45, 7) is 4.10. The van der Waals surface area contributed by atoms with Crippen molar-refractivity contribution in [1.29, 1.82) is 0 Å². The van der Waals surface area contributed by atoms with E-state index >= 15 is 0 Å². The van der Waals surface area contributed by atoms with Gasteiger partial charge in [0.1, 0.15) is 0 Å². The van der Waals surface area contributed by atoms with Crippen LogP contribution in [0, 0.1) is 12.3 Å². The lowest BCUT2D eigenvalue weighted by Crippen LogP contribution is -2.47. The molecule has 1 rings (SSSR count). The zero-order valence-corrected chi connectivity index (χ0v) is 9.48. The van der Waals surface area contributed by atoms with Crippen LogP contribution in [0.1, 0.15) is 6.42 Å². The molecule has 1 heterocycles. The maximum Gasteiger partial charge on any atom is 0.316 e. The summed E-state index contributed by atoms with van der Waals surface area (Å²) in [7, 11) is 0. The molecule has 0 unspecified atom stereocenters. The third-order valence-corrected chi connectivity index (χ3v) is 2.43. The van der Waals surface area contributed by atoms with Crippen molar-refractivity contribution in [2.75, 3.05) is 32.7 Å². The van der Waals surface area contributed by atoms with Crippen LogP contribution in [0.25, 0.3) is 0 Å². The molecule has 0 radical (unpaired) electrons. The number of terminal acetylenes is 1. The second-order valence-electron chi connectivity index (χ2n) is 3.04. The monoisotopic (exact) mass is 236 g/mol. The molecule has 1 aliphatic rings. The summed E-state index contributed by atoms with van der Waals surface area (Å²) in [5.74, 6) is 2.60. The Balaban J connectivity index is 0.00000169. The smallest absolute Gasteiger partial charge is 0.316 e.